The highest BCUT2D eigenvalue weighted by Gasteiger charge is 2.46. The molecular weight excluding hydrogens is 354 g/mol. The van der Waals surface area contributed by atoms with Crippen LogP contribution in [-0.2, 0) is 9.53 Å². The third-order valence-corrected chi connectivity index (χ3v) is 5.43. The standard InChI is InChI=1S/C23H23NO4/c1-3-5-13-23(27)18(14-20(25)28-4-2)17-11-8-10-16-15-9-6-7-12-19(15)24(21(16)17)22(23)26/h6-12,14,27H,3-5,13H2,1-2H3/b18-14+. The quantitative estimate of drug-likeness (QED) is 0.531. The average Bonchev–Trinajstić information content (AvgIpc) is 3.04. The van der Waals surface area contributed by atoms with Crippen LogP contribution in [0.2, 0.25) is 0 Å². The number of aliphatic hydroxyl groups is 1. The van der Waals surface area contributed by atoms with E-state index in [-0.39, 0.29) is 13.0 Å². The molecule has 0 fully saturated rings. The van der Waals surface area contributed by atoms with Crippen molar-refractivity contribution < 1.29 is 19.4 Å². The van der Waals surface area contributed by atoms with E-state index in [4.69, 9.17) is 4.74 Å². The molecule has 2 heterocycles. The summed E-state index contributed by atoms with van der Waals surface area (Å²) < 4.78 is 6.69. The van der Waals surface area contributed by atoms with Crippen LogP contribution in [0, 0.1) is 0 Å². The lowest BCUT2D eigenvalue weighted by Crippen LogP contribution is -2.46. The zero-order valence-electron chi connectivity index (χ0n) is 16.1. The number of hydrogen-bond acceptors (Lipinski definition) is 4. The molecule has 1 unspecified atom stereocenters. The molecule has 4 rings (SSSR count). The molecule has 5 nitrogen and oxygen atoms in total. The Hall–Kier alpha value is -2.92. The number of nitrogens with zero attached hydrogens (tertiary/aromatic N) is 1. The topological polar surface area (TPSA) is 68.5 Å². The first-order valence-electron chi connectivity index (χ1n) is 9.71. The van der Waals surface area contributed by atoms with E-state index in [2.05, 4.69) is 0 Å². The van der Waals surface area contributed by atoms with Crippen LogP contribution in [0.4, 0.5) is 0 Å². The van der Waals surface area contributed by atoms with Crippen molar-refractivity contribution in [2.45, 2.75) is 38.7 Å². The van der Waals surface area contributed by atoms with Gasteiger partial charge >= 0.3 is 5.97 Å². The van der Waals surface area contributed by atoms with Gasteiger partial charge in [-0.15, -0.1) is 0 Å². The van der Waals surface area contributed by atoms with Gasteiger partial charge in [-0.2, -0.15) is 0 Å². The van der Waals surface area contributed by atoms with Crippen molar-refractivity contribution in [2.75, 3.05) is 6.61 Å². The zero-order chi connectivity index (χ0) is 19.9. The molecule has 0 amide bonds. The zero-order valence-corrected chi connectivity index (χ0v) is 16.1. The minimum atomic E-state index is -1.77. The Morgan fingerprint density at radius 1 is 1.14 bits per heavy atom. The number of carbonyl (C=O) groups excluding carboxylic acids is 2. The molecule has 1 aliphatic rings. The summed E-state index contributed by atoms with van der Waals surface area (Å²) in [5.74, 6) is -0.969. The van der Waals surface area contributed by atoms with Crippen LogP contribution in [0.3, 0.4) is 0 Å². The van der Waals surface area contributed by atoms with Crippen LogP contribution in [-0.4, -0.2) is 33.8 Å². The summed E-state index contributed by atoms with van der Waals surface area (Å²) in [5.41, 5.74) is 0.738. The fraction of sp³-hybridized carbons (Fsp3) is 0.304. The van der Waals surface area contributed by atoms with Crippen LogP contribution in [0.15, 0.2) is 48.5 Å². The van der Waals surface area contributed by atoms with Crippen molar-refractivity contribution in [3.63, 3.8) is 0 Å². The van der Waals surface area contributed by atoms with Gasteiger partial charge in [0.25, 0.3) is 5.91 Å². The molecule has 0 saturated heterocycles. The molecule has 1 atom stereocenters. The van der Waals surface area contributed by atoms with Crippen LogP contribution in [0.1, 0.15) is 43.5 Å². The number of benzene rings is 2. The predicted molar refractivity (Wildman–Crippen MR) is 109 cm³/mol. The van der Waals surface area contributed by atoms with Crippen molar-refractivity contribution in [1.29, 1.82) is 0 Å². The second-order valence-electron chi connectivity index (χ2n) is 7.13. The van der Waals surface area contributed by atoms with Gasteiger partial charge in [0.05, 0.1) is 17.6 Å². The maximum atomic E-state index is 13.6. The maximum Gasteiger partial charge on any atom is 0.331 e. The van der Waals surface area contributed by atoms with E-state index in [1.54, 1.807) is 11.5 Å². The summed E-state index contributed by atoms with van der Waals surface area (Å²) in [4.78, 5) is 25.8. The number of rotatable bonds is 5. The van der Waals surface area contributed by atoms with Gasteiger partial charge in [-0.3, -0.25) is 9.36 Å². The van der Waals surface area contributed by atoms with E-state index in [1.807, 2.05) is 49.4 Å². The molecule has 1 aliphatic heterocycles. The van der Waals surface area contributed by atoms with Crippen molar-refractivity contribution in [3.05, 3.63) is 54.1 Å². The molecular formula is C23H23NO4. The van der Waals surface area contributed by atoms with Crippen molar-refractivity contribution >= 4 is 39.3 Å². The number of esters is 1. The van der Waals surface area contributed by atoms with E-state index in [0.717, 1.165) is 28.2 Å². The minimum Gasteiger partial charge on any atom is -0.463 e. The van der Waals surface area contributed by atoms with Crippen LogP contribution in [0.25, 0.3) is 27.4 Å². The third-order valence-electron chi connectivity index (χ3n) is 5.43. The monoisotopic (exact) mass is 377 g/mol. The van der Waals surface area contributed by atoms with Crippen LogP contribution in [0.5, 0.6) is 0 Å². The van der Waals surface area contributed by atoms with E-state index in [0.29, 0.717) is 17.6 Å². The summed E-state index contributed by atoms with van der Waals surface area (Å²) in [6.07, 6.45) is 3.02. The lowest BCUT2D eigenvalue weighted by molar-refractivity contribution is -0.137. The molecule has 1 aromatic heterocycles. The van der Waals surface area contributed by atoms with Gasteiger partial charge in [-0.1, -0.05) is 49.7 Å². The van der Waals surface area contributed by atoms with Crippen LogP contribution < -0.4 is 0 Å². The molecule has 0 saturated carbocycles. The highest BCUT2D eigenvalue weighted by atomic mass is 16.5. The number of para-hydroxylation sites is 2. The summed E-state index contributed by atoms with van der Waals surface area (Å²) in [6.45, 7) is 3.96. The lowest BCUT2D eigenvalue weighted by Gasteiger charge is -2.34. The SMILES string of the molecule is CCCCC1(O)C(=O)n2c3ccccc3c3cccc(c32)/C1=C\C(=O)OCC. The Labute approximate surface area is 163 Å². The Bertz CT molecular complexity index is 1120. The number of fused-ring (bicyclic) bond motifs is 3. The number of hydrogen-bond donors (Lipinski definition) is 1. The van der Waals surface area contributed by atoms with Gasteiger partial charge in [0.15, 0.2) is 5.60 Å². The second kappa shape index (κ2) is 6.91. The predicted octanol–water partition coefficient (Wildman–Crippen LogP) is 4.32. The normalized spacial score (nSPS) is 20.2. The summed E-state index contributed by atoms with van der Waals surface area (Å²) in [7, 11) is 0. The number of carbonyl (C=O) groups is 2. The summed E-state index contributed by atoms with van der Waals surface area (Å²) >= 11 is 0. The van der Waals surface area contributed by atoms with Gasteiger partial charge in [0.1, 0.15) is 0 Å². The first-order valence-corrected chi connectivity index (χ1v) is 9.71. The van der Waals surface area contributed by atoms with Crippen molar-refractivity contribution in [3.8, 4) is 0 Å². The maximum absolute atomic E-state index is 13.6. The van der Waals surface area contributed by atoms with E-state index in [1.165, 1.54) is 6.08 Å². The van der Waals surface area contributed by atoms with Gasteiger partial charge in [-0.05, 0) is 25.8 Å². The van der Waals surface area contributed by atoms with E-state index >= 15 is 0 Å². The minimum absolute atomic E-state index is 0.231. The number of aromatic nitrogens is 1. The number of unbranched alkanes of at least 4 members (excludes halogenated alkanes) is 1. The van der Waals surface area contributed by atoms with E-state index in [9.17, 15) is 14.7 Å². The summed E-state index contributed by atoms with van der Waals surface area (Å²) in [6, 6.07) is 13.4. The smallest absolute Gasteiger partial charge is 0.331 e. The fourth-order valence-corrected chi connectivity index (χ4v) is 4.14. The average molecular weight is 377 g/mol. The third kappa shape index (κ3) is 2.58. The number of ether oxygens (including phenoxy) is 1. The molecule has 0 spiro atoms. The fourth-order valence-electron chi connectivity index (χ4n) is 4.14. The first kappa shape index (κ1) is 18.4. The molecule has 2 aromatic carbocycles. The molecule has 144 valence electrons. The molecule has 5 heteroatoms. The molecule has 3 aromatic rings. The van der Waals surface area contributed by atoms with Crippen molar-refractivity contribution in [2.24, 2.45) is 0 Å². The molecule has 0 bridgehead atoms. The first-order chi connectivity index (χ1) is 13.5. The summed E-state index contributed by atoms with van der Waals surface area (Å²) in [5, 5.41) is 13.4. The largest absolute Gasteiger partial charge is 0.463 e. The molecule has 0 radical (unpaired) electrons. The Kier molecular flexibility index (Phi) is 4.55. The lowest BCUT2D eigenvalue weighted by atomic mass is 9.80. The molecule has 1 N–H and O–H groups in total. The van der Waals surface area contributed by atoms with Gasteiger partial charge in [0, 0.05) is 28.0 Å². The van der Waals surface area contributed by atoms with Gasteiger partial charge in [0.2, 0.25) is 0 Å². The Morgan fingerprint density at radius 3 is 2.64 bits per heavy atom. The van der Waals surface area contributed by atoms with Gasteiger partial charge < -0.3 is 9.84 Å². The Morgan fingerprint density at radius 2 is 1.89 bits per heavy atom. The van der Waals surface area contributed by atoms with E-state index < -0.39 is 17.5 Å². The van der Waals surface area contributed by atoms with Gasteiger partial charge in [-0.25, -0.2) is 4.79 Å². The second-order valence-corrected chi connectivity index (χ2v) is 7.13. The molecule has 28 heavy (non-hydrogen) atoms. The van der Waals surface area contributed by atoms with Crippen LogP contribution >= 0.6 is 0 Å². The van der Waals surface area contributed by atoms with Crippen molar-refractivity contribution in [1.82, 2.24) is 4.57 Å². The highest BCUT2D eigenvalue weighted by Crippen LogP contribution is 2.44. The molecule has 0 aliphatic carbocycles. The highest BCUT2D eigenvalue weighted by molar-refractivity contribution is 6.23. The Balaban J connectivity index is 2.08.